The van der Waals surface area contributed by atoms with Gasteiger partial charge in [0.1, 0.15) is 5.75 Å². The molecule has 22 heavy (non-hydrogen) atoms. The molecule has 0 aliphatic carbocycles. The summed E-state index contributed by atoms with van der Waals surface area (Å²) in [5, 5.41) is 17.9. The van der Waals surface area contributed by atoms with Crippen molar-refractivity contribution in [3.8, 4) is 5.75 Å². The summed E-state index contributed by atoms with van der Waals surface area (Å²) in [5.41, 5.74) is 0.794. The van der Waals surface area contributed by atoms with E-state index in [0.717, 1.165) is 5.69 Å². The Balaban J connectivity index is 2.92. The Morgan fingerprint density at radius 2 is 1.95 bits per heavy atom. The van der Waals surface area contributed by atoms with E-state index in [9.17, 15) is 9.59 Å². The van der Waals surface area contributed by atoms with Gasteiger partial charge in [-0.05, 0) is 25.5 Å². The first-order valence-corrected chi connectivity index (χ1v) is 7.37. The first-order chi connectivity index (χ1) is 10.5. The summed E-state index contributed by atoms with van der Waals surface area (Å²) in [7, 11) is 0. The number of carboxylic acids is 2. The first kappa shape index (κ1) is 17.8. The van der Waals surface area contributed by atoms with Crippen LogP contribution in [0.5, 0.6) is 5.75 Å². The highest BCUT2D eigenvalue weighted by Crippen LogP contribution is 2.29. The molecule has 0 heterocycles. The van der Waals surface area contributed by atoms with Gasteiger partial charge in [0, 0.05) is 19.5 Å². The molecule has 0 spiro atoms. The summed E-state index contributed by atoms with van der Waals surface area (Å²) in [5.74, 6) is -1.61. The van der Waals surface area contributed by atoms with E-state index < -0.39 is 17.9 Å². The third kappa shape index (κ3) is 5.63. The second-order valence-electron chi connectivity index (χ2n) is 5.08. The molecule has 0 aromatic heterocycles. The number of aliphatic carboxylic acids is 2. The van der Waals surface area contributed by atoms with Crippen molar-refractivity contribution in [2.24, 2.45) is 5.92 Å². The lowest BCUT2D eigenvalue weighted by Crippen LogP contribution is -2.33. The molecular weight excluding hydrogens is 286 g/mol. The molecule has 1 aromatic carbocycles. The molecule has 0 saturated heterocycles. The first-order valence-electron chi connectivity index (χ1n) is 7.37. The Labute approximate surface area is 130 Å². The van der Waals surface area contributed by atoms with Gasteiger partial charge in [0.15, 0.2) is 0 Å². The van der Waals surface area contributed by atoms with Crippen molar-refractivity contribution in [2.75, 3.05) is 24.6 Å². The summed E-state index contributed by atoms with van der Waals surface area (Å²) in [6, 6.07) is 7.40. The molecule has 1 rings (SSSR count). The van der Waals surface area contributed by atoms with Crippen molar-refractivity contribution in [3.05, 3.63) is 24.3 Å². The van der Waals surface area contributed by atoms with E-state index in [4.69, 9.17) is 14.9 Å². The number of rotatable bonds is 10. The average molecular weight is 309 g/mol. The van der Waals surface area contributed by atoms with E-state index >= 15 is 0 Å². The Morgan fingerprint density at radius 1 is 1.27 bits per heavy atom. The third-order valence-electron chi connectivity index (χ3n) is 3.24. The third-order valence-corrected chi connectivity index (χ3v) is 3.24. The van der Waals surface area contributed by atoms with E-state index in [1.807, 2.05) is 36.1 Å². The maximum Gasteiger partial charge on any atom is 0.308 e. The number of nitrogens with zero attached hydrogens (tertiary/aromatic N) is 1. The van der Waals surface area contributed by atoms with Gasteiger partial charge in [-0.2, -0.15) is 0 Å². The molecule has 0 aliphatic rings. The summed E-state index contributed by atoms with van der Waals surface area (Å²) >= 11 is 0. The zero-order valence-electron chi connectivity index (χ0n) is 13.0. The highest BCUT2D eigenvalue weighted by molar-refractivity contribution is 5.71. The minimum absolute atomic E-state index is 0.0504. The molecule has 1 unspecified atom stereocenters. The Morgan fingerprint density at radius 3 is 2.55 bits per heavy atom. The van der Waals surface area contributed by atoms with E-state index in [1.54, 1.807) is 6.92 Å². The van der Waals surface area contributed by atoms with E-state index in [0.29, 0.717) is 31.9 Å². The SMILES string of the molecule is CCOc1ccccc1N(CCCC(=O)O)CC(C)C(=O)O. The van der Waals surface area contributed by atoms with Crippen LogP contribution in [0.2, 0.25) is 0 Å². The fourth-order valence-corrected chi connectivity index (χ4v) is 2.14. The van der Waals surface area contributed by atoms with Gasteiger partial charge in [0.2, 0.25) is 0 Å². The molecule has 2 N–H and O–H groups in total. The van der Waals surface area contributed by atoms with Gasteiger partial charge in [-0.25, -0.2) is 0 Å². The lowest BCUT2D eigenvalue weighted by molar-refractivity contribution is -0.141. The molecule has 0 fully saturated rings. The standard InChI is InChI=1S/C16H23NO5/c1-3-22-14-8-5-4-7-13(14)17(10-6-9-15(18)19)11-12(2)16(20)21/h4-5,7-8,12H,3,6,9-11H2,1-2H3,(H,18,19)(H,20,21). The topological polar surface area (TPSA) is 87.1 Å². The summed E-state index contributed by atoms with van der Waals surface area (Å²) in [4.78, 5) is 23.7. The zero-order chi connectivity index (χ0) is 16.5. The van der Waals surface area contributed by atoms with Crippen molar-refractivity contribution in [1.82, 2.24) is 0 Å². The summed E-state index contributed by atoms with van der Waals surface area (Å²) in [6.45, 7) is 4.79. The fraction of sp³-hybridized carbons (Fsp3) is 0.500. The highest BCUT2D eigenvalue weighted by Gasteiger charge is 2.19. The van der Waals surface area contributed by atoms with Crippen molar-refractivity contribution in [2.45, 2.75) is 26.7 Å². The van der Waals surface area contributed by atoms with Crippen LogP contribution in [0, 0.1) is 5.92 Å². The minimum atomic E-state index is -0.878. The van der Waals surface area contributed by atoms with Crippen LogP contribution in [0.15, 0.2) is 24.3 Å². The van der Waals surface area contributed by atoms with Crippen LogP contribution in [0.1, 0.15) is 26.7 Å². The Kier molecular flexibility index (Phi) is 7.22. The predicted molar refractivity (Wildman–Crippen MR) is 83.5 cm³/mol. The molecular formula is C16H23NO5. The van der Waals surface area contributed by atoms with Gasteiger partial charge in [-0.1, -0.05) is 19.1 Å². The monoisotopic (exact) mass is 309 g/mol. The number of hydrogen-bond donors (Lipinski definition) is 2. The normalized spacial score (nSPS) is 11.7. The molecule has 1 aromatic rings. The van der Waals surface area contributed by atoms with Crippen LogP contribution in [0.25, 0.3) is 0 Å². The minimum Gasteiger partial charge on any atom is -0.492 e. The van der Waals surface area contributed by atoms with E-state index in [1.165, 1.54) is 0 Å². The maximum atomic E-state index is 11.1. The van der Waals surface area contributed by atoms with Gasteiger partial charge in [-0.15, -0.1) is 0 Å². The number of ether oxygens (including phenoxy) is 1. The lowest BCUT2D eigenvalue weighted by Gasteiger charge is -2.28. The largest absolute Gasteiger partial charge is 0.492 e. The number of carbonyl (C=O) groups is 2. The molecule has 0 amide bonds. The zero-order valence-corrected chi connectivity index (χ0v) is 13.0. The van der Waals surface area contributed by atoms with Gasteiger partial charge in [0.05, 0.1) is 18.2 Å². The molecule has 6 nitrogen and oxygen atoms in total. The van der Waals surface area contributed by atoms with Crippen LogP contribution in [0.3, 0.4) is 0 Å². The van der Waals surface area contributed by atoms with Crippen LogP contribution in [-0.2, 0) is 9.59 Å². The number of hydrogen-bond acceptors (Lipinski definition) is 4. The number of anilines is 1. The highest BCUT2D eigenvalue weighted by atomic mass is 16.5. The van der Waals surface area contributed by atoms with Gasteiger partial charge >= 0.3 is 11.9 Å². The molecule has 0 saturated carbocycles. The predicted octanol–water partition coefficient (Wildman–Crippen LogP) is 2.48. The Hall–Kier alpha value is -2.24. The van der Waals surface area contributed by atoms with Crippen LogP contribution < -0.4 is 9.64 Å². The number of benzene rings is 1. The summed E-state index contributed by atoms with van der Waals surface area (Å²) < 4.78 is 5.58. The van der Waals surface area contributed by atoms with Gasteiger partial charge in [0.25, 0.3) is 0 Å². The van der Waals surface area contributed by atoms with E-state index in [-0.39, 0.29) is 6.42 Å². The van der Waals surface area contributed by atoms with Gasteiger partial charge < -0.3 is 19.8 Å². The van der Waals surface area contributed by atoms with Crippen LogP contribution in [0.4, 0.5) is 5.69 Å². The maximum absolute atomic E-state index is 11.1. The van der Waals surface area contributed by atoms with E-state index in [2.05, 4.69) is 0 Å². The number of carboxylic acid groups (broad SMARTS) is 2. The quantitative estimate of drug-likeness (QED) is 0.690. The van der Waals surface area contributed by atoms with Crippen LogP contribution >= 0.6 is 0 Å². The Bertz CT molecular complexity index is 503. The molecule has 6 heteroatoms. The van der Waals surface area contributed by atoms with Crippen molar-refractivity contribution in [1.29, 1.82) is 0 Å². The van der Waals surface area contributed by atoms with Crippen molar-refractivity contribution < 1.29 is 24.5 Å². The molecule has 122 valence electrons. The molecule has 0 radical (unpaired) electrons. The average Bonchev–Trinajstić information content (AvgIpc) is 2.46. The molecule has 0 bridgehead atoms. The second kappa shape index (κ2) is 8.92. The summed E-state index contributed by atoms with van der Waals surface area (Å²) in [6.07, 6.45) is 0.497. The lowest BCUT2D eigenvalue weighted by atomic mass is 10.1. The molecule has 1 atom stereocenters. The van der Waals surface area contributed by atoms with Gasteiger partial charge in [-0.3, -0.25) is 9.59 Å². The van der Waals surface area contributed by atoms with Crippen molar-refractivity contribution in [3.63, 3.8) is 0 Å². The van der Waals surface area contributed by atoms with Crippen LogP contribution in [-0.4, -0.2) is 41.8 Å². The van der Waals surface area contributed by atoms with Crippen molar-refractivity contribution >= 4 is 17.6 Å². The fourth-order valence-electron chi connectivity index (χ4n) is 2.14. The molecule has 0 aliphatic heterocycles. The number of para-hydroxylation sites is 2. The second-order valence-corrected chi connectivity index (χ2v) is 5.08. The smallest absolute Gasteiger partial charge is 0.308 e.